The molecule has 0 aliphatic heterocycles. The lowest BCUT2D eigenvalue weighted by atomic mass is 10.4. The molecule has 1 atom stereocenters. The summed E-state index contributed by atoms with van der Waals surface area (Å²) in [5.41, 5.74) is 0. The van der Waals surface area contributed by atoms with Crippen LogP contribution < -0.4 is 0 Å². The summed E-state index contributed by atoms with van der Waals surface area (Å²) in [6, 6.07) is 0. The zero-order valence-corrected chi connectivity index (χ0v) is 7.87. The monoisotopic (exact) mass is 186 g/mol. The maximum absolute atomic E-state index is 10.7. The summed E-state index contributed by atoms with van der Waals surface area (Å²) in [6.07, 6.45) is -0.927. The van der Waals surface area contributed by atoms with Crippen molar-refractivity contribution >= 4 is 5.97 Å². The lowest BCUT2D eigenvalue weighted by molar-refractivity contribution is -0.136. The number of esters is 1. The van der Waals surface area contributed by atoms with Crippen molar-refractivity contribution in [1.82, 2.24) is 0 Å². The third-order valence-corrected chi connectivity index (χ3v) is 1.10. The summed E-state index contributed by atoms with van der Waals surface area (Å²) in [7, 11) is 0. The van der Waals surface area contributed by atoms with E-state index in [0.717, 1.165) is 0 Å². The molecule has 0 saturated carbocycles. The lowest BCUT2D eigenvalue weighted by Crippen LogP contribution is -2.13. The smallest absolute Gasteiger partial charge is 0.384 e. The number of rotatable bonds is 4. The fraction of sp³-hybridized carbons (Fsp3) is 0.667. The molecule has 4 heteroatoms. The van der Waals surface area contributed by atoms with Crippen LogP contribution in [0.15, 0.2) is 0 Å². The summed E-state index contributed by atoms with van der Waals surface area (Å²) >= 11 is 0. The van der Waals surface area contributed by atoms with Crippen LogP contribution in [0, 0.1) is 11.8 Å². The van der Waals surface area contributed by atoms with Crippen LogP contribution in [0.3, 0.4) is 0 Å². The Kier molecular flexibility index (Phi) is 6.98. The first-order chi connectivity index (χ1) is 6.20. The van der Waals surface area contributed by atoms with E-state index in [9.17, 15) is 4.79 Å². The highest BCUT2D eigenvalue weighted by molar-refractivity contribution is 5.88. The fourth-order valence-electron chi connectivity index (χ4n) is 0.581. The largest absolute Gasteiger partial charge is 0.456 e. The van der Waals surface area contributed by atoms with Crippen molar-refractivity contribution in [2.24, 2.45) is 0 Å². The molecule has 0 heterocycles. The van der Waals surface area contributed by atoms with E-state index in [0.29, 0.717) is 6.61 Å². The highest BCUT2D eigenvalue weighted by atomic mass is 16.5. The van der Waals surface area contributed by atoms with E-state index in [-0.39, 0.29) is 13.2 Å². The molecule has 0 bridgehead atoms. The molecule has 0 aromatic rings. The first-order valence-corrected chi connectivity index (χ1v) is 4.14. The van der Waals surface area contributed by atoms with E-state index in [1.165, 1.54) is 0 Å². The van der Waals surface area contributed by atoms with Gasteiger partial charge < -0.3 is 14.6 Å². The van der Waals surface area contributed by atoms with Gasteiger partial charge in [0, 0.05) is 12.5 Å². The van der Waals surface area contributed by atoms with Crippen LogP contribution in [0.1, 0.15) is 13.8 Å². The molecule has 0 rings (SSSR count). The van der Waals surface area contributed by atoms with Crippen molar-refractivity contribution in [3.63, 3.8) is 0 Å². The Morgan fingerprint density at radius 2 is 2.15 bits per heavy atom. The summed E-state index contributed by atoms with van der Waals surface area (Å²) < 4.78 is 9.42. The first kappa shape index (κ1) is 11.9. The zero-order valence-electron chi connectivity index (χ0n) is 7.87. The van der Waals surface area contributed by atoms with Gasteiger partial charge in [0.1, 0.15) is 6.10 Å². The van der Waals surface area contributed by atoms with Crippen molar-refractivity contribution in [2.75, 3.05) is 19.8 Å². The molecule has 0 saturated heterocycles. The third-order valence-electron chi connectivity index (χ3n) is 1.10. The molecular weight excluding hydrogens is 172 g/mol. The molecule has 0 unspecified atom stereocenters. The SMILES string of the molecule is CCOC[C@H](O)C#CC(=O)OCC. The van der Waals surface area contributed by atoms with E-state index in [1.54, 1.807) is 6.92 Å². The second kappa shape index (κ2) is 7.59. The standard InChI is InChI=1S/C9H14O4/c1-3-12-7-8(10)5-6-9(11)13-4-2/h8,10H,3-4,7H2,1-2H3/t8-/m1/s1. The van der Waals surface area contributed by atoms with E-state index in [2.05, 4.69) is 16.6 Å². The van der Waals surface area contributed by atoms with Gasteiger partial charge in [-0.15, -0.1) is 0 Å². The van der Waals surface area contributed by atoms with Gasteiger partial charge >= 0.3 is 5.97 Å². The average Bonchev–Trinajstić information content (AvgIpc) is 2.12. The molecule has 74 valence electrons. The van der Waals surface area contributed by atoms with Crippen molar-refractivity contribution < 1.29 is 19.4 Å². The summed E-state index contributed by atoms with van der Waals surface area (Å²) in [5, 5.41) is 9.09. The number of carbonyl (C=O) groups is 1. The number of ether oxygens (including phenoxy) is 2. The Hall–Kier alpha value is -1.05. The molecule has 0 aromatic heterocycles. The molecular formula is C9H14O4. The van der Waals surface area contributed by atoms with E-state index < -0.39 is 12.1 Å². The van der Waals surface area contributed by atoms with Crippen LogP contribution in [0.2, 0.25) is 0 Å². The van der Waals surface area contributed by atoms with Gasteiger partial charge in [0.2, 0.25) is 0 Å². The van der Waals surface area contributed by atoms with E-state index in [1.807, 2.05) is 6.92 Å². The lowest BCUT2D eigenvalue weighted by Gasteiger charge is -2.01. The van der Waals surface area contributed by atoms with Crippen LogP contribution >= 0.6 is 0 Å². The van der Waals surface area contributed by atoms with Gasteiger partial charge in [-0.1, -0.05) is 5.92 Å². The van der Waals surface area contributed by atoms with Gasteiger partial charge in [-0.25, -0.2) is 4.79 Å². The summed E-state index contributed by atoms with van der Waals surface area (Å²) in [5.74, 6) is 3.83. The van der Waals surface area contributed by atoms with Gasteiger partial charge in [0.05, 0.1) is 13.2 Å². The van der Waals surface area contributed by atoms with Gasteiger partial charge in [0.25, 0.3) is 0 Å². The molecule has 0 amide bonds. The number of aliphatic hydroxyl groups is 1. The second-order valence-electron chi connectivity index (χ2n) is 2.17. The maximum atomic E-state index is 10.7. The van der Waals surface area contributed by atoms with Gasteiger partial charge in [-0.2, -0.15) is 0 Å². The zero-order chi connectivity index (χ0) is 10.1. The summed E-state index contributed by atoms with van der Waals surface area (Å²) in [6.45, 7) is 4.41. The normalized spacial score (nSPS) is 11.3. The topological polar surface area (TPSA) is 55.8 Å². The first-order valence-electron chi connectivity index (χ1n) is 4.14. The van der Waals surface area contributed by atoms with Crippen LogP contribution in [-0.2, 0) is 14.3 Å². The van der Waals surface area contributed by atoms with Gasteiger partial charge in [0.15, 0.2) is 0 Å². The molecule has 0 aliphatic carbocycles. The Labute approximate surface area is 77.8 Å². The Morgan fingerprint density at radius 3 is 2.69 bits per heavy atom. The number of carbonyl (C=O) groups excluding carboxylic acids is 1. The van der Waals surface area contributed by atoms with Crippen molar-refractivity contribution in [3.05, 3.63) is 0 Å². The molecule has 13 heavy (non-hydrogen) atoms. The van der Waals surface area contributed by atoms with Gasteiger partial charge in [-0.05, 0) is 13.8 Å². The molecule has 0 spiro atoms. The Morgan fingerprint density at radius 1 is 1.46 bits per heavy atom. The molecule has 0 fully saturated rings. The Bertz CT molecular complexity index is 201. The number of hydrogen-bond acceptors (Lipinski definition) is 4. The predicted octanol–water partition coefficient (Wildman–Crippen LogP) is -0.0497. The molecule has 0 aromatic carbocycles. The van der Waals surface area contributed by atoms with Crippen molar-refractivity contribution in [1.29, 1.82) is 0 Å². The fourth-order valence-corrected chi connectivity index (χ4v) is 0.581. The molecule has 0 aliphatic rings. The van der Waals surface area contributed by atoms with E-state index in [4.69, 9.17) is 9.84 Å². The highest BCUT2D eigenvalue weighted by Gasteiger charge is 1.99. The maximum Gasteiger partial charge on any atom is 0.384 e. The minimum atomic E-state index is -0.927. The minimum Gasteiger partial charge on any atom is -0.456 e. The van der Waals surface area contributed by atoms with Gasteiger partial charge in [-0.3, -0.25) is 0 Å². The second-order valence-corrected chi connectivity index (χ2v) is 2.17. The van der Waals surface area contributed by atoms with Crippen molar-refractivity contribution in [3.8, 4) is 11.8 Å². The number of aliphatic hydroxyl groups excluding tert-OH is 1. The molecule has 1 N–H and O–H groups in total. The van der Waals surface area contributed by atoms with Crippen molar-refractivity contribution in [2.45, 2.75) is 20.0 Å². The predicted molar refractivity (Wildman–Crippen MR) is 46.9 cm³/mol. The molecule has 4 nitrogen and oxygen atoms in total. The molecule has 0 radical (unpaired) electrons. The average molecular weight is 186 g/mol. The quantitative estimate of drug-likeness (QED) is 0.380. The van der Waals surface area contributed by atoms with Crippen LogP contribution in [-0.4, -0.2) is 37.0 Å². The summed E-state index contributed by atoms with van der Waals surface area (Å²) in [4.78, 5) is 10.7. The Balaban J connectivity index is 3.73. The van der Waals surface area contributed by atoms with Crippen LogP contribution in [0.4, 0.5) is 0 Å². The van der Waals surface area contributed by atoms with Crippen LogP contribution in [0.25, 0.3) is 0 Å². The minimum absolute atomic E-state index is 0.114. The number of hydrogen-bond donors (Lipinski definition) is 1. The van der Waals surface area contributed by atoms with Crippen LogP contribution in [0.5, 0.6) is 0 Å². The third kappa shape index (κ3) is 7.32. The highest BCUT2D eigenvalue weighted by Crippen LogP contribution is 1.83. The van der Waals surface area contributed by atoms with E-state index >= 15 is 0 Å².